The molecule has 0 unspecified atom stereocenters. The summed E-state index contributed by atoms with van der Waals surface area (Å²) in [7, 11) is 0. The van der Waals surface area contributed by atoms with Crippen LogP contribution in [0.2, 0.25) is 0 Å². The van der Waals surface area contributed by atoms with Crippen LogP contribution >= 0.6 is 0 Å². The number of carboxylic acid groups (broad SMARTS) is 1. The van der Waals surface area contributed by atoms with Crippen LogP contribution in [0, 0.1) is 5.92 Å². The summed E-state index contributed by atoms with van der Waals surface area (Å²) >= 11 is 0. The number of carboxylic acids is 1. The van der Waals surface area contributed by atoms with E-state index in [1.807, 2.05) is 27.7 Å². The molecule has 0 radical (unpaired) electrons. The predicted molar refractivity (Wildman–Crippen MR) is 62.0 cm³/mol. The van der Waals surface area contributed by atoms with Gasteiger partial charge in [0.25, 0.3) is 0 Å². The van der Waals surface area contributed by atoms with Crippen LogP contribution in [0.5, 0.6) is 0 Å². The molecule has 0 amide bonds. The van der Waals surface area contributed by atoms with Crippen LogP contribution in [-0.4, -0.2) is 22.3 Å². The number of rotatable bonds is 7. The second-order valence-corrected chi connectivity index (χ2v) is 4.93. The second-order valence-electron chi connectivity index (χ2n) is 4.93. The maximum Gasteiger partial charge on any atom is 0.339 e. The summed E-state index contributed by atoms with van der Waals surface area (Å²) in [6.07, 6.45) is 0.764. The van der Waals surface area contributed by atoms with Gasteiger partial charge in [0, 0.05) is 0 Å². The summed E-state index contributed by atoms with van der Waals surface area (Å²) in [5.74, 6) is -0.732. The van der Waals surface area contributed by atoms with E-state index in [1.54, 1.807) is 13.8 Å². The van der Waals surface area contributed by atoms with Crippen LogP contribution in [0.3, 0.4) is 0 Å². The SMILES string of the molecule is CCC(CC)(OOC(C)(C)C(C)C)C(=O)O. The van der Waals surface area contributed by atoms with E-state index in [2.05, 4.69) is 0 Å². The van der Waals surface area contributed by atoms with Gasteiger partial charge in [-0.15, -0.1) is 0 Å². The Bertz CT molecular complexity index is 229. The fourth-order valence-electron chi connectivity index (χ4n) is 0.989. The van der Waals surface area contributed by atoms with Crippen molar-refractivity contribution in [2.75, 3.05) is 0 Å². The lowest BCUT2D eigenvalue weighted by Gasteiger charge is -2.33. The summed E-state index contributed by atoms with van der Waals surface area (Å²) in [4.78, 5) is 21.7. The summed E-state index contributed by atoms with van der Waals surface area (Å²) in [6.45, 7) is 11.3. The Kier molecular flexibility index (Phi) is 5.42. The Labute approximate surface area is 97.9 Å². The van der Waals surface area contributed by atoms with Gasteiger partial charge in [-0.25, -0.2) is 14.6 Å². The van der Waals surface area contributed by atoms with E-state index >= 15 is 0 Å². The molecule has 4 heteroatoms. The fraction of sp³-hybridized carbons (Fsp3) is 0.917. The average molecular weight is 232 g/mol. The minimum atomic E-state index is -1.23. The Morgan fingerprint density at radius 2 is 1.62 bits per heavy atom. The van der Waals surface area contributed by atoms with Crippen LogP contribution < -0.4 is 0 Å². The summed E-state index contributed by atoms with van der Waals surface area (Å²) in [6, 6.07) is 0. The lowest BCUT2D eigenvalue weighted by molar-refractivity contribution is -0.408. The maximum atomic E-state index is 11.2. The molecule has 0 atom stereocenters. The Balaban J connectivity index is 4.62. The molecule has 0 fully saturated rings. The number of hydrogen-bond donors (Lipinski definition) is 1. The first-order valence-corrected chi connectivity index (χ1v) is 5.82. The molecule has 0 rings (SSSR count). The third-order valence-corrected chi connectivity index (χ3v) is 3.34. The van der Waals surface area contributed by atoms with Crippen LogP contribution in [0.4, 0.5) is 0 Å². The van der Waals surface area contributed by atoms with Crippen molar-refractivity contribution in [3.05, 3.63) is 0 Å². The van der Waals surface area contributed by atoms with E-state index in [1.165, 1.54) is 0 Å². The molecular formula is C12H24O4. The number of hydrogen-bond acceptors (Lipinski definition) is 3. The van der Waals surface area contributed by atoms with Crippen LogP contribution in [0.25, 0.3) is 0 Å². The lowest BCUT2D eigenvalue weighted by Crippen LogP contribution is -2.44. The monoisotopic (exact) mass is 232 g/mol. The van der Waals surface area contributed by atoms with Gasteiger partial charge in [-0.3, -0.25) is 0 Å². The zero-order valence-electron chi connectivity index (χ0n) is 11.2. The van der Waals surface area contributed by atoms with Crippen molar-refractivity contribution in [1.29, 1.82) is 0 Å². The second kappa shape index (κ2) is 5.64. The minimum absolute atomic E-state index is 0.243. The van der Waals surface area contributed by atoms with E-state index in [4.69, 9.17) is 14.9 Å². The highest BCUT2D eigenvalue weighted by molar-refractivity contribution is 5.77. The van der Waals surface area contributed by atoms with Gasteiger partial charge in [0.05, 0.1) is 0 Å². The van der Waals surface area contributed by atoms with E-state index in [0.717, 1.165) is 0 Å². The molecule has 0 aliphatic carbocycles. The average Bonchev–Trinajstić information content (AvgIpc) is 2.19. The van der Waals surface area contributed by atoms with Gasteiger partial charge in [-0.1, -0.05) is 27.7 Å². The normalized spacial score (nSPS) is 13.2. The largest absolute Gasteiger partial charge is 0.479 e. The quantitative estimate of drug-likeness (QED) is 0.541. The maximum absolute atomic E-state index is 11.2. The third kappa shape index (κ3) is 3.46. The van der Waals surface area contributed by atoms with E-state index in [-0.39, 0.29) is 5.92 Å². The Morgan fingerprint density at radius 3 is 1.88 bits per heavy atom. The summed E-state index contributed by atoms with van der Waals surface area (Å²) in [5, 5.41) is 9.15. The first kappa shape index (κ1) is 15.4. The molecule has 0 spiro atoms. The van der Waals surface area contributed by atoms with Crippen molar-refractivity contribution in [2.24, 2.45) is 5.92 Å². The van der Waals surface area contributed by atoms with Gasteiger partial charge >= 0.3 is 5.97 Å². The van der Waals surface area contributed by atoms with Gasteiger partial charge in [0.15, 0.2) is 5.60 Å². The fourth-order valence-corrected chi connectivity index (χ4v) is 0.989. The minimum Gasteiger partial charge on any atom is -0.479 e. The summed E-state index contributed by atoms with van der Waals surface area (Å²) < 4.78 is 0. The van der Waals surface area contributed by atoms with Crippen molar-refractivity contribution in [3.8, 4) is 0 Å². The van der Waals surface area contributed by atoms with Gasteiger partial charge in [0.1, 0.15) is 5.60 Å². The Hall–Kier alpha value is -0.610. The molecule has 0 aliphatic heterocycles. The molecule has 0 heterocycles. The molecule has 0 aromatic rings. The van der Waals surface area contributed by atoms with Crippen LogP contribution in [0.15, 0.2) is 0 Å². The van der Waals surface area contributed by atoms with Crippen LogP contribution in [0.1, 0.15) is 54.4 Å². The molecule has 96 valence electrons. The molecule has 1 N–H and O–H groups in total. The topological polar surface area (TPSA) is 55.8 Å². The highest BCUT2D eigenvalue weighted by Gasteiger charge is 2.40. The first-order valence-electron chi connectivity index (χ1n) is 5.82. The standard InChI is InChI=1S/C12H24O4/c1-7-12(8-2,10(13)14)16-15-11(5,6)9(3)4/h9H,7-8H2,1-6H3,(H,13,14). The zero-order valence-corrected chi connectivity index (χ0v) is 11.2. The van der Waals surface area contributed by atoms with Crippen molar-refractivity contribution in [3.63, 3.8) is 0 Å². The smallest absolute Gasteiger partial charge is 0.339 e. The van der Waals surface area contributed by atoms with Gasteiger partial charge < -0.3 is 5.11 Å². The van der Waals surface area contributed by atoms with E-state index in [9.17, 15) is 4.79 Å². The van der Waals surface area contributed by atoms with Gasteiger partial charge in [-0.05, 0) is 32.6 Å². The van der Waals surface area contributed by atoms with E-state index < -0.39 is 17.2 Å². The molecule has 16 heavy (non-hydrogen) atoms. The first-order chi connectivity index (χ1) is 7.22. The van der Waals surface area contributed by atoms with Crippen molar-refractivity contribution < 1.29 is 19.7 Å². The van der Waals surface area contributed by atoms with E-state index in [0.29, 0.717) is 12.8 Å². The number of aliphatic carboxylic acids is 1. The van der Waals surface area contributed by atoms with Crippen molar-refractivity contribution >= 4 is 5.97 Å². The molecule has 4 nitrogen and oxygen atoms in total. The molecule has 0 aromatic carbocycles. The van der Waals surface area contributed by atoms with Crippen molar-refractivity contribution in [1.82, 2.24) is 0 Å². The molecule has 0 aromatic heterocycles. The van der Waals surface area contributed by atoms with Gasteiger partial charge in [0.2, 0.25) is 0 Å². The van der Waals surface area contributed by atoms with Crippen LogP contribution in [-0.2, 0) is 14.6 Å². The predicted octanol–water partition coefficient (Wildman–Crippen LogP) is 3.01. The molecular weight excluding hydrogens is 208 g/mol. The molecule has 0 saturated carbocycles. The molecule has 0 aliphatic rings. The Morgan fingerprint density at radius 1 is 1.19 bits per heavy atom. The highest BCUT2D eigenvalue weighted by Crippen LogP contribution is 2.27. The highest BCUT2D eigenvalue weighted by atomic mass is 17.2. The lowest BCUT2D eigenvalue weighted by atomic mass is 9.95. The van der Waals surface area contributed by atoms with Gasteiger partial charge in [-0.2, -0.15) is 0 Å². The third-order valence-electron chi connectivity index (χ3n) is 3.34. The molecule has 0 saturated heterocycles. The zero-order chi connectivity index (χ0) is 13.0. The number of carbonyl (C=O) groups is 1. The summed E-state index contributed by atoms with van der Waals surface area (Å²) in [5.41, 5.74) is -1.72. The molecule has 0 bridgehead atoms. The van der Waals surface area contributed by atoms with Crippen molar-refractivity contribution in [2.45, 2.75) is 65.6 Å².